The smallest absolute Gasteiger partial charge is 0.339 e. The number of aryl methyl sites for hydroxylation is 1. The highest BCUT2D eigenvalue weighted by Crippen LogP contribution is 2.23. The number of rotatable bonds is 3. The van der Waals surface area contributed by atoms with Crippen molar-refractivity contribution in [3.8, 4) is 17.1 Å². The highest BCUT2D eigenvalue weighted by Gasteiger charge is 2.19. The van der Waals surface area contributed by atoms with Crippen molar-refractivity contribution in [3.63, 3.8) is 0 Å². The van der Waals surface area contributed by atoms with Crippen LogP contribution in [0.25, 0.3) is 17.1 Å². The molecule has 0 aliphatic rings. The van der Waals surface area contributed by atoms with Gasteiger partial charge in [0, 0.05) is 24.5 Å². The van der Waals surface area contributed by atoms with E-state index in [1.165, 1.54) is 10.9 Å². The van der Waals surface area contributed by atoms with Crippen molar-refractivity contribution in [2.75, 3.05) is 0 Å². The minimum atomic E-state index is -1.04. The minimum absolute atomic E-state index is 0.119. The molecule has 0 fully saturated rings. The Morgan fingerprint density at radius 3 is 2.52 bits per heavy atom. The van der Waals surface area contributed by atoms with Gasteiger partial charge in [-0.3, -0.25) is 4.68 Å². The fraction of sp³-hybridized carbons (Fsp3) is 0.0714. The molecular weight excluding hydrogens is 292 g/mol. The normalized spacial score (nSPS) is 10.8. The number of aromatic nitrogens is 4. The summed E-state index contributed by atoms with van der Waals surface area (Å²) in [5, 5.41) is 18.4. The monoisotopic (exact) mass is 302 g/mol. The Kier molecular flexibility index (Phi) is 3.23. The quantitative estimate of drug-likeness (QED) is 0.807. The third kappa shape index (κ3) is 2.41. The summed E-state index contributed by atoms with van der Waals surface area (Å²) in [5.74, 6) is -1.04. The molecule has 2 aromatic heterocycles. The van der Waals surface area contributed by atoms with Crippen LogP contribution in [0.2, 0.25) is 5.02 Å². The maximum atomic E-state index is 11.4. The van der Waals surface area contributed by atoms with Crippen LogP contribution in [0.4, 0.5) is 0 Å². The van der Waals surface area contributed by atoms with Crippen LogP contribution in [0.1, 0.15) is 10.4 Å². The number of carbonyl (C=O) groups is 1. The van der Waals surface area contributed by atoms with E-state index < -0.39 is 5.97 Å². The van der Waals surface area contributed by atoms with Gasteiger partial charge in [-0.05, 0) is 30.3 Å². The second-order valence-corrected chi connectivity index (χ2v) is 4.89. The number of carboxylic acids is 1. The molecule has 1 aromatic carbocycles. The van der Waals surface area contributed by atoms with Crippen LogP contribution < -0.4 is 0 Å². The van der Waals surface area contributed by atoms with E-state index in [0.717, 1.165) is 5.69 Å². The molecule has 106 valence electrons. The number of hydrogen-bond donors (Lipinski definition) is 1. The molecule has 0 saturated heterocycles. The summed E-state index contributed by atoms with van der Waals surface area (Å²) >= 11 is 5.85. The standard InChI is InChI=1S/C14H11ClN4O2/c1-18-12(6-7-16-18)13-11(14(20)21)8-19(17-13)10-4-2-9(15)3-5-10/h2-8H,1H3,(H,20,21). The van der Waals surface area contributed by atoms with Gasteiger partial charge in [-0.2, -0.15) is 10.2 Å². The Morgan fingerprint density at radius 2 is 1.95 bits per heavy atom. The Labute approximate surface area is 125 Å². The lowest BCUT2D eigenvalue weighted by molar-refractivity contribution is 0.0697. The lowest BCUT2D eigenvalue weighted by Gasteiger charge is -2.01. The lowest BCUT2D eigenvalue weighted by Crippen LogP contribution is -2.00. The van der Waals surface area contributed by atoms with Crippen molar-refractivity contribution in [2.45, 2.75) is 0 Å². The molecule has 0 bridgehead atoms. The average molecular weight is 303 g/mol. The average Bonchev–Trinajstić information content (AvgIpc) is 3.05. The van der Waals surface area contributed by atoms with Gasteiger partial charge in [-0.25, -0.2) is 9.48 Å². The zero-order chi connectivity index (χ0) is 15.0. The molecule has 7 heteroatoms. The number of halogens is 1. The first-order chi connectivity index (χ1) is 10.1. The highest BCUT2D eigenvalue weighted by atomic mass is 35.5. The Hall–Kier alpha value is -2.60. The molecule has 0 spiro atoms. The highest BCUT2D eigenvalue weighted by molar-refractivity contribution is 6.30. The largest absolute Gasteiger partial charge is 0.478 e. The van der Waals surface area contributed by atoms with Gasteiger partial charge in [0.25, 0.3) is 0 Å². The SMILES string of the molecule is Cn1nccc1-c1nn(-c2ccc(Cl)cc2)cc1C(=O)O. The van der Waals surface area contributed by atoms with Gasteiger partial charge < -0.3 is 5.11 Å². The summed E-state index contributed by atoms with van der Waals surface area (Å²) < 4.78 is 3.10. The van der Waals surface area contributed by atoms with Crippen LogP contribution in [0.5, 0.6) is 0 Å². The van der Waals surface area contributed by atoms with Crippen LogP contribution in [-0.4, -0.2) is 30.6 Å². The van der Waals surface area contributed by atoms with Gasteiger partial charge in [-0.1, -0.05) is 11.6 Å². The fourth-order valence-corrected chi connectivity index (χ4v) is 2.18. The maximum Gasteiger partial charge on any atom is 0.339 e. The van der Waals surface area contributed by atoms with Crippen LogP contribution in [-0.2, 0) is 7.05 Å². The van der Waals surface area contributed by atoms with Crippen molar-refractivity contribution in [1.82, 2.24) is 19.6 Å². The predicted octanol–water partition coefficient (Wildman–Crippen LogP) is 2.62. The van der Waals surface area contributed by atoms with E-state index in [1.54, 1.807) is 48.3 Å². The molecule has 1 N–H and O–H groups in total. The lowest BCUT2D eigenvalue weighted by atomic mass is 10.2. The number of aromatic carboxylic acids is 1. The summed E-state index contributed by atoms with van der Waals surface area (Å²) in [6, 6.07) is 8.72. The molecule has 3 aromatic rings. The zero-order valence-corrected chi connectivity index (χ0v) is 11.8. The zero-order valence-electron chi connectivity index (χ0n) is 11.1. The minimum Gasteiger partial charge on any atom is -0.478 e. The van der Waals surface area contributed by atoms with Gasteiger partial charge in [0.15, 0.2) is 0 Å². The first-order valence-electron chi connectivity index (χ1n) is 6.13. The summed E-state index contributed by atoms with van der Waals surface area (Å²) in [5.41, 5.74) is 1.86. The van der Waals surface area contributed by atoms with E-state index >= 15 is 0 Å². The van der Waals surface area contributed by atoms with Gasteiger partial charge >= 0.3 is 5.97 Å². The summed E-state index contributed by atoms with van der Waals surface area (Å²) in [6.07, 6.45) is 3.08. The van der Waals surface area contributed by atoms with Crippen molar-refractivity contribution in [3.05, 3.63) is 53.3 Å². The predicted molar refractivity (Wildman–Crippen MR) is 77.7 cm³/mol. The molecule has 6 nitrogen and oxygen atoms in total. The number of carboxylic acid groups (broad SMARTS) is 1. The first-order valence-corrected chi connectivity index (χ1v) is 6.51. The molecule has 21 heavy (non-hydrogen) atoms. The third-order valence-corrected chi connectivity index (χ3v) is 3.35. The number of nitrogens with zero attached hydrogens (tertiary/aromatic N) is 4. The molecule has 0 radical (unpaired) electrons. The molecule has 0 saturated carbocycles. The Balaban J connectivity index is 2.15. The number of benzene rings is 1. The molecular formula is C14H11ClN4O2. The van der Waals surface area contributed by atoms with Crippen LogP contribution >= 0.6 is 11.6 Å². The fourth-order valence-electron chi connectivity index (χ4n) is 2.05. The van der Waals surface area contributed by atoms with Crippen molar-refractivity contribution >= 4 is 17.6 Å². The van der Waals surface area contributed by atoms with Gasteiger partial charge in [0.05, 0.1) is 11.4 Å². The second-order valence-electron chi connectivity index (χ2n) is 4.46. The topological polar surface area (TPSA) is 72.9 Å². The van der Waals surface area contributed by atoms with E-state index in [2.05, 4.69) is 10.2 Å². The van der Waals surface area contributed by atoms with Gasteiger partial charge in [-0.15, -0.1) is 0 Å². The summed E-state index contributed by atoms with van der Waals surface area (Å²) in [4.78, 5) is 11.4. The summed E-state index contributed by atoms with van der Waals surface area (Å²) in [6.45, 7) is 0. The molecule has 0 atom stereocenters. The van der Waals surface area contributed by atoms with Crippen molar-refractivity contribution in [2.24, 2.45) is 7.05 Å². The molecule has 2 heterocycles. The third-order valence-electron chi connectivity index (χ3n) is 3.10. The molecule has 0 unspecified atom stereocenters. The van der Waals surface area contributed by atoms with E-state index in [9.17, 15) is 9.90 Å². The van der Waals surface area contributed by atoms with E-state index in [0.29, 0.717) is 16.4 Å². The molecule has 0 amide bonds. The van der Waals surface area contributed by atoms with Gasteiger partial charge in [0.1, 0.15) is 11.3 Å². The number of hydrogen-bond acceptors (Lipinski definition) is 3. The van der Waals surface area contributed by atoms with Crippen LogP contribution in [0.15, 0.2) is 42.7 Å². The molecule has 0 aliphatic heterocycles. The van der Waals surface area contributed by atoms with E-state index in [-0.39, 0.29) is 5.56 Å². The first kappa shape index (κ1) is 13.4. The Morgan fingerprint density at radius 1 is 1.24 bits per heavy atom. The molecule has 3 rings (SSSR count). The van der Waals surface area contributed by atoms with E-state index in [1.807, 2.05) is 0 Å². The Bertz CT molecular complexity index is 805. The van der Waals surface area contributed by atoms with Crippen LogP contribution in [0, 0.1) is 0 Å². The molecule has 0 aliphatic carbocycles. The second kappa shape index (κ2) is 5.06. The maximum absolute atomic E-state index is 11.4. The van der Waals surface area contributed by atoms with Crippen molar-refractivity contribution < 1.29 is 9.90 Å². The van der Waals surface area contributed by atoms with E-state index in [4.69, 9.17) is 11.6 Å². The van der Waals surface area contributed by atoms with Crippen LogP contribution in [0.3, 0.4) is 0 Å². The van der Waals surface area contributed by atoms with Gasteiger partial charge in [0.2, 0.25) is 0 Å². The summed E-state index contributed by atoms with van der Waals surface area (Å²) in [7, 11) is 1.74. The van der Waals surface area contributed by atoms with Crippen molar-refractivity contribution in [1.29, 1.82) is 0 Å².